The van der Waals surface area contributed by atoms with Crippen LogP contribution in [0.15, 0.2) is 24.3 Å². The molecule has 27 heavy (non-hydrogen) atoms. The van der Waals surface area contributed by atoms with Crippen molar-refractivity contribution in [3.05, 3.63) is 40.7 Å². The summed E-state index contributed by atoms with van der Waals surface area (Å²) < 4.78 is 6.82. The van der Waals surface area contributed by atoms with Crippen LogP contribution in [0.4, 0.5) is 0 Å². The fourth-order valence-electron chi connectivity index (χ4n) is 3.17. The quantitative estimate of drug-likeness (QED) is 0.779. The van der Waals surface area contributed by atoms with Crippen LogP contribution in [0.1, 0.15) is 35.9 Å². The third kappa shape index (κ3) is 3.96. The van der Waals surface area contributed by atoms with Gasteiger partial charge >= 0.3 is 5.97 Å². The number of carbonyl (C=O) groups is 2. The maximum atomic E-state index is 12.7. The Morgan fingerprint density at radius 1 is 1.37 bits per heavy atom. The summed E-state index contributed by atoms with van der Waals surface area (Å²) in [6.45, 7) is 2.66. The molecule has 0 saturated carbocycles. The van der Waals surface area contributed by atoms with Crippen LogP contribution in [-0.4, -0.2) is 51.7 Å². The number of benzene rings is 1. The molecule has 0 unspecified atom stereocenters. The maximum absolute atomic E-state index is 12.7. The number of rotatable bonds is 6. The van der Waals surface area contributed by atoms with E-state index in [4.69, 9.17) is 16.3 Å². The molecule has 1 aliphatic heterocycles. The molecule has 0 atom stereocenters. The number of halogens is 1. The predicted octanol–water partition coefficient (Wildman–Crippen LogP) is 2.09. The predicted molar refractivity (Wildman–Crippen MR) is 98.2 cm³/mol. The number of amides is 1. The van der Waals surface area contributed by atoms with Gasteiger partial charge in [-0.1, -0.05) is 29.8 Å². The molecule has 2 aromatic rings. The monoisotopic (exact) mass is 392 g/mol. The zero-order valence-corrected chi connectivity index (χ0v) is 15.7. The number of nitrogens with one attached hydrogen (secondary N) is 1. The summed E-state index contributed by atoms with van der Waals surface area (Å²) in [6, 6.07) is 7.10. The Hall–Kier alpha value is -2.45. The molecule has 0 spiro atoms. The van der Waals surface area contributed by atoms with E-state index in [1.165, 1.54) is 0 Å². The highest BCUT2D eigenvalue weighted by atomic mass is 35.5. The molecule has 0 aliphatic carbocycles. The molecular weight excluding hydrogens is 372 g/mol. The molecule has 2 N–H and O–H groups in total. The van der Waals surface area contributed by atoms with Crippen LogP contribution in [0, 0.1) is 5.41 Å². The number of hydrogen-bond donors (Lipinski definition) is 2. The number of aliphatic carboxylic acids is 1. The summed E-state index contributed by atoms with van der Waals surface area (Å²) in [5.74, 6) is -1.36. The topological polar surface area (TPSA) is 106 Å². The molecule has 0 bridgehead atoms. The summed E-state index contributed by atoms with van der Waals surface area (Å²) in [6.07, 6.45) is 1.25. The largest absolute Gasteiger partial charge is 0.481 e. The van der Waals surface area contributed by atoms with Crippen LogP contribution in [0.25, 0.3) is 5.69 Å². The first-order valence-electron chi connectivity index (χ1n) is 8.77. The SMILES string of the molecule is CCc1c(C(=O)NCC2(C(=O)O)CCOCC2)nnn1-c1cccc(Cl)c1. The van der Waals surface area contributed by atoms with Gasteiger partial charge in [-0.3, -0.25) is 9.59 Å². The molecule has 1 aromatic heterocycles. The highest BCUT2D eigenvalue weighted by Gasteiger charge is 2.40. The maximum Gasteiger partial charge on any atom is 0.311 e. The lowest BCUT2D eigenvalue weighted by molar-refractivity contribution is -0.154. The number of carboxylic acids is 1. The van der Waals surface area contributed by atoms with Crippen LogP contribution in [0.3, 0.4) is 0 Å². The Kier molecular flexibility index (Phi) is 5.76. The molecule has 1 fully saturated rings. The number of nitrogens with zero attached hydrogens (tertiary/aromatic N) is 3. The minimum atomic E-state index is -1.01. The summed E-state index contributed by atoms with van der Waals surface area (Å²) in [5, 5.41) is 21.0. The van der Waals surface area contributed by atoms with Crippen LogP contribution in [0.2, 0.25) is 5.02 Å². The van der Waals surface area contributed by atoms with E-state index in [1.807, 2.05) is 13.0 Å². The number of hydrogen-bond acceptors (Lipinski definition) is 5. The fraction of sp³-hybridized carbons (Fsp3) is 0.444. The van der Waals surface area contributed by atoms with E-state index in [0.717, 1.165) is 0 Å². The second-order valence-corrected chi connectivity index (χ2v) is 6.95. The Bertz CT molecular complexity index is 846. The molecule has 144 valence electrons. The van der Waals surface area contributed by atoms with E-state index < -0.39 is 17.3 Å². The average molecular weight is 393 g/mol. The molecule has 9 heteroatoms. The summed E-state index contributed by atoms with van der Waals surface area (Å²) in [5.41, 5.74) is 0.511. The van der Waals surface area contributed by atoms with Crippen LogP contribution in [0.5, 0.6) is 0 Å². The van der Waals surface area contributed by atoms with Crippen molar-refractivity contribution in [2.45, 2.75) is 26.2 Å². The molecule has 1 saturated heterocycles. The zero-order valence-electron chi connectivity index (χ0n) is 14.9. The first-order chi connectivity index (χ1) is 13.0. The highest BCUT2D eigenvalue weighted by molar-refractivity contribution is 6.30. The molecular formula is C18H21ClN4O4. The number of ether oxygens (including phenoxy) is 1. The van der Waals surface area contributed by atoms with E-state index in [9.17, 15) is 14.7 Å². The van der Waals surface area contributed by atoms with E-state index in [0.29, 0.717) is 48.9 Å². The summed E-state index contributed by atoms with van der Waals surface area (Å²) in [4.78, 5) is 24.4. The number of carbonyl (C=O) groups excluding carboxylic acids is 1. The van der Waals surface area contributed by atoms with Crippen LogP contribution in [-0.2, 0) is 16.0 Å². The normalized spacial score (nSPS) is 16.1. The van der Waals surface area contributed by atoms with Crippen molar-refractivity contribution >= 4 is 23.5 Å². The van der Waals surface area contributed by atoms with E-state index >= 15 is 0 Å². The van der Waals surface area contributed by atoms with Gasteiger partial charge in [0.15, 0.2) is 5.69 Å². The van der Waals surface area contributed by atoms with Crippen molar-refractivity contribution in [2.24, 2.45) is 5.41 Å². The van der Waals surface area contributed by atoms with Crippen LogP contribution >= 0.6 is 11.6 Å². The van der Waals surface area contributed by atoms with Gasteiger partial charge in [0.05, 0.1) is 16.8 Å². The van der Waals surface area contributed by atoms with Crippen molar-refractivity contribution in [1.82, 2.24) is 20.3 Å². The van der Waals surface area contributed by atoms with Gasteiger partial charge in [0, 0.05) is 24.8 Å². The van der Waals surface area contributed by atoms with Crippen molar-refractivity contribution < 1.29 is 19.4 Å². The molecule has 1 amide bonds. The number of aromatic nitrogens is 3. The van der Waals surface area contributed by atoms with Crippen molar-refractivity contribution in [3.63, 3.8) is 0 Å². The Balaban J connectivity index is 1.80. The van der Waals surface area contributed by atoms with Crippen molar-refractivity contribution in [3.8, 4) is 5.69 Å². The Morgan fingerprint density at radius 2 is 2.11 bits per heavy atom. The molecule has 0 radical (unpaired) electrons. The summed E-state index contributed by atoms with van der Waals surface area (Å²) >= 11 is 6.03. The lowest BCUT2D eigenvalue weighted by Crippen LogP contribution is -2.46. The van der Waals surface area contributed by atoms with Gasteiger partial charge in [-0.2, -0.15) is 0 Å². The zero-order chi connectivity index (χ0) is 19.4. The lowest BCUT2D eigenvalue weighted by atomic mass is 9.80. The minimum Gasteiger partial charge on any atom is -0.481 e. The third-order valence-electron chi connectivity index (χ3n) is 4.86. The standard InChI is InChI=1S/C18H21ClN4O4/c1-2-14-15(21-22-23(14)13-5-3-4-12(19)10-13)16(24)20-11-18(17(25)26)6-8-27-9-7-18/h3-5,10H,2,6-9,11H2,1H3,(H,20,24)(H,25,26). The van der Waals surface area contributed by atoms with Crippen molar-refractivity contribution in [2.75, 3.05) is 19.8 Å². The second kappa shape index (κ2) is 8.06. The van der Waals surface area contributed by atoms with Gasteiger partial charge < -0.3 is 15.2 Å². The first-order valence-corrected chi connectivity index (χ1v) is 9.14. The lowest BCUT2D eigenvalue weighted by Gasteiger charge is -2.33. The molecule has 1 aliphatic rings. The summed E-state index contributed by atoms with van der Waals surface area (Å²) in [7, 11) is 0. The second-order valence-electron chi connectivity index (χ2n) is 6.51. The highest BCUT2D eigenvalue weighted by Crippen LogP contribution is 2.30. The van der Waals surface area contributed by atoms with Gasteiger partial charge in [-0.25, -0.2) is 4.68 Å². The first kappa shape index (κ1) is 19.3. The molecule has 1 aromatic carbocycles. The van der Waals surface area contributed by atoms with E-state index in [2.05, 4.69) is 15.6 Å². The Labute approximate surface area is 161 Å². The van der Waals surface area contributed by atoms with Gasteiger partial charge in [0.2, 0.25) is 0 Å². The van der Waals surface area contributed by atoms with Gasteiger partial charge in [0.1, 0.15) is 0 Å². The van der Waals surface area contributed by atoms with E-state index in [1.54, 1.807) is 22.9 Å². The smallest absolute Gasteiger partial charge is 0.311 e. The van der Waals surface area contributed by atoms with Crippen LogP contribution < -0.4 is 5.32 Å². The average Bonchev–Trinajstić information content (AvgIpc) is 3.11. The van der Waals surface area contributed by atoms with Crippen molar-refractivity contribution in [1.29, 1.82) is 0 Å². The van der Waals surface area contributed by atoms with Gasteiger partial charge in [-0.15, -0.1) is 5.10 Å². The molecule has 3 rings (SSSR count). The fourth-order valence-corrected chi connectivity index (χ4v) is 3.36. The molecule has 2 heterocycles. The van der Waals surface area contributed by atoms with E-state index in [-0.39, 0.29) is 12.2 Å². The molecule has 8 nitrogen and oxygen atoms in total. The minimum absolute atomic E-state index is 0.0255. The van der Waals surface area contributed by atoms with Gasteiger partial charge in [0.25, 0.3) is 5.91 Å². The third-order valence-corrected chi connectivity index (χ3v) is 5.09. The van der Waals surface area contributed by atoms with Gasteiger partial charge in [-0.05, 0) is 37.5 Å². The number of carboxylic acid groups (broad SMARTS) is 1. The Morgan fingerprint density at radius 3 is 2.74 bits per heavy atom.